The van der Waals surface area contributed by atoms with E-state index in [2.05, 4.69) is 46.8 Å². The standard InChI is InChI=1S/C40H40Cl2N8O2/c1-22-18-28(19-23(2)36(22)41)52-17-9-12-30-29-10-8-11-31(35-24(3)45-47(7)25(35)4)37(29)48-26(5)39(42)49(40(51)38(30)48)34-21-46(6)33-14-13-27(20-32(33)34)50-43-15-16-44-50/h8,10-11,13-16,18-21,26,39H,9,12,17H2,1-7H3/t26?,39-/m0/s1. The van der Waals surface area contributed by atoms with Gasteiger partial charge in [0.05, 0.1) is 53.1 Å². The predicted molar refractivity (Wildman–Crippen MR) is 207 cm³/mol. The van der Waals surface area contributed by atoms with Gasteiger partial charge in [0.25, 0.3) is 5.91 Å². The van der Waals surface area contributed by atoms with Gasteiger partial charge in [0.15, 0.2) is 0 Å². The van der Waals surface area contributed by atoms with Crippen LogP contribution in [0.25, 0.3) is 38.6 Å². The van der Waals surface area contributed by atoms with Gasteiger partial charge in [0.2, 0.25) is 0 Å². The molecule has 0 radical (unpaired) electrons. The molecule has 0 saturated carbocycles. The minimum atomic E-state index is -0.676. The zero-order valence-corrected chi connectivity index (χ0v) is 31.8. The highest BCUT2D eigenvalue weighted by molar-refractivity contribution is 6.32. The molecular formula is C40H40Cl2N8O2. The number of benzene rings is 3. The summed E-state index contributed by atoms with van der Waals surface area (Å²) in [6.45, 7) is 10.7. The number of rotatable bonds is 8. The van der Waals surface area contributed by atoms with Gasteiger partial charge in [-0.25, -0.2) is 0 Å². The zero-order chi connectivity index (χ0) is 36.6. The van der Waals surface area contributed by atoms with E-state index in [0.717, 1.165) is 83.2 Å². The second-order valence-corrected chi connectivity index (χ2v) is 14.7. The number of para-hydroxylation sites is 1. The Labute approximate surface area is 312 Å². The van der Waals surface area contributed by atoms with Crippen LogP contribution in [0.4, 0.5) is 5.69 Å². The number of aromatic nitrogens is 7. The number of carbonyl (C=O) groups is 1. The molecule has 0 bridgehead atoms. The van der Waals surface area contributed by atoms with Gasteiger partial charge in [-0.2, -0.15) is 20.1 Å². The summed E-state index contributed by atoms with van der Waals surface area (Å²) in [6.07, 6.45) is 6.60. The maximum Gasteiger partial charge on any atom is 0.276 e. The first-order valence-corrected chi connectivity index (χ1v) is 18.3. The molecule has 0 saturated heterocycles. The SMILES string of the molecule is Cc1cc(OCCCc2c3n(c4c(-c5c(C)nn(C)c5C)cccc24)C(C)[C@@H](Cl)N(c2cn(C)c4ccc(-n5nccn5)cc24)C3=O)cc(C)c1Cl. The Bertz CT molecular complexity index is 2500. The van der Waals surface area contributed by atoms with Crippen molar-refractivity contribution in [1.29, 1.82) is 0 Å². The topological polar surface area (TPSA) is 87.9 Å². The van der Waals surface area contributed by atoms with Crippen LogP contribution in [0.1, 0.15) is 58.0 Å². The van der Waals surface area contributed by atoms with Crippen LogP contribution >= 0.6 is 23.2 Å². The molecule has 10 nitrogen and oxygen atoms in total. The number of amides is 1. The molecule has 2 atom stereocenters. The third-order valence-electron chi connectivity index (χ3n) is 10.5. The van der Waals surface area contributed by atoms with E-state index >= 15 is 4.79 Å². The number of alkyl halides is 1. The molecule has 1 aliphatic heterocycles. The summed E-state index contributed by atoms with van der Waals surface area (Å²) < 4.78 is 12.4. The molecule has 0 N–H and O–H groups in total. The van der Waals surface area contributed by atoms with Crippen LogP contribution in [0.15, 0.2) is 67.1 Å². The van der Waals surface area contributed by atoms with Crippen molar-refractivity contribution in [2.45, 2.75) is 59.0 Å². The van der Waals surface area contributed by atoms with Gasteiger partial charge in [-0.1, -0.05) is 41.4 Å². The fraction of sp³-hybridized carbons (Fsp3) is 0.300. The average Bonchev–Trinajstić information content (AvgIpc) is 3.90. The summed E-state index contributed by atoms with van der Waals surface area (Å²) in [5.74, 6) is 0.643. The lowest BCUT2D eigenvalue weighted by molar-refractivity contribution is 0.0951. The Balaban J connectivity index is 1.27. The second kappa shape index (κ2) is 12.9. The molecule has 4 aromatic heterocycles. The molecule has 7 aromatic rings. The Morgan fingerprint density at radius 1 is 0.942 bits per heavy atom. The summed E-state index contributed by atoms with van der Waals surface area (Å²) in [7, 11) is 3.95. The third-order valence-corrected chi connectivity index (χ3v) is 11.6. The van der Waals surface area contributed by atoms with E-state index in [4.69, 9.17) is 33.0 Å². The van der Waals surface area contributed by atoms with Crippen LogP contribution in [0.5, 0.6) is 5.75 Å². The monoisotopic (exact) mass is 734 g/mol. The van der Waals surface area contributed by atoms with E-state index in [1.807, 2.05) is 80.6 Å². The van der Waals surface area contributed by atoms with E-state index in [0.29, 0.717) is 25.1 Å². The average molecular weight is 736 g/mol. The maximum atomic E-state index is 15.2. The van der Waals surface area contributed by atoms with Crippen LogP contribution in [0.3, 0.4) is 0 Å². The normalized spacial score (nSPS) is 16.0. The van der Waals surface area contributed by atoms with Gasteiger partial charge in [0, 0.05) is 52.9 Å². The lowest BCUT2D eigenvalue weighted by atomic mass is 9.98. The molecule has 8 rings (SSSR count). The summed E-state index contributed by atoms with van der Waals surface area (Å²) in [4.78, 5) is 18.5. The van der Waals surface area contributed by atoms with E-state index in [-0.39, 0.29) is 11.9 Å². The highest BCUT2D eigenvalue weighted by Gasteiger charge is 2.42. The first-order chi connectivity index (χ1) is 25.0. The zero-order valence-electron chi connectivity index (χ0n) is 30.3. The number of fused-ring (bicyclic) bond motifs is 4. The molecule has 1 amide bonds. The summed E-state index contributed by atoms with van der Waals surface area (Å²) in [5, 5.41) is 16.1. The van der Waals surface area contributed by atoms with Gasteiger partial charge in [-0.05, 0) is 94.5 Å². The Morgan fingerprint density at radius 3 is 2.37 bits per heavy atom. The highest BCUT2D eigenvalue weighted by Crippen LogP contribution is 2.46. The number of aryl methyl sites for hydroxylation is 6. The molecule has 52 heavy (non-hydrogen) atoms. The molecule has 266 valence electrons. The van der Waals surface area contributed by atoms with Crippen LogP contribution in [0.2, 0.25) is 5.02 Å². The van der Waals surface area contributed by atoms with Crippen molar-refractivity contribution >= 4 is 56.6 Å². The fourth-order valence-corrected chi connectivity index (χ4v) is 8.36. The molecule has 12 heteroatoms. The number of hydrogen-bond donors (Lipinski definition) is 0. The largest absolute Gasteiger partial charge is 0.494 e. The quantitative estimate of drug-likeness (QED) is 0.0885. The lowest BCUT2D eigenvalue weighted by Gasteiger charge is -2.38. The van der Waals surface area contributed by atoms with E-state index in [9.17, 15) is 0 Å². The molecular weight excluding hydrogens is 695 g/mol. The van der Waals surface area contributed by atoms with Crippen molar-refractivity contribution in [3.05, 3.63) is 106 Å². The highest BCUT2D eigenvalue weighted by atomic mass is 35.5. The van der Waals surface area contributed by atoms with Gasteiger partial charge in [0.1, 0.15) is 16.9 Å². The Morgan fingerprint density at radius 2 is 1.67 bits per heavy atom. The second-order valence-electron chi connectivity index (χ2n) is 13.8. The Hall–Kier alpha value is -5.06. The first-order valence-electron chi connectivity index (χ1n) is 17.5. The summed E-state index contributed by atoms with van der Waals surface area (Å²) in [5.41, 5.74) is 10.5. The molecule has 0 spiro atoms. The molecule has 0 fully saturated rings. The Kier molecular flexibility index (Phi) is 8.42. The predicted octanol–water partition coefficient (Wildman–Crippen LogP) is 8.80. The summed E-state index contributed by atoms with van der Waals surface area (Å²) >= 11 is 13.9. The fourth-order valence-electron chi connectivity index (χ4n) is 7.95. The number of anilines is 1. The molecule has 1 aliphatic rings. The number of halogens is 2. The molecule has 3 aromatic carbocycles. The van der Waals surface area contributed by atoms with E-state index in [1.165, 1.54) is 0 Å². The molecule has 5 heterocycles. The minimum Gasteiger partial charge on any atom is -0.494 e. The van der Waals surface area contributed by atoms with Crippen LogP contribution < -0.4 is 9.64 Å². The van der Waals surface area contributed by atoms with Gasteiger partial charge in [-0.15, -0.1) is 0 Å². The van der Waals surface area contributed by atoms with Crippen molar-refractivity contribution < 1.29 is 9.53 Å². The van der Waals surface area contributed by atoms with Crippen LogP contribution in [-0.4, -0.2) is 51.9 Å². The van der Waals surface area contributed by atoms with Crippen molar-refractivity contribution in [1.82, 2.24) is 33.9 Å². The first kappa shape index (κ1) is 34.0. The van der Waals surface area contributed by atoms with Gasteiger partial charge >= 0.3 is 0 Å². The van der Waals surface area contributed by atoms with Crippen molar-refractivity contribution in [3.63, 3.8) is 0 Å². The number of nitrogens with zero attached hydrogens (tertiary/aromatic N) is 8. The van der Waals surface area contributed by atoms with Gasteiger partial charge in [-0.3, -0.25) is 14.4 Å². The van der Waals surface area contributed by atoms with Crippen molar-refractivity contribution in [2.75, 3.05) is 11.5 Å². The lowest BCUT2D eigenvalue weighted by Crippen LogP contribution is -2.47. The van der Waals surface area contributed by atoms with E-state index < -0.39 is 5.50 Å². The van der Waals surface area contributed by atoms with Crippen LogP contribution in [0, 0.1) is 27.7 Å². The molecule has 1 unspecified atom stereocenters. The number of hydrogen-bond acceptors (Lipinski definition) is 5. The van der Waals surface area contributed by atoms with Crippen molar-refractivity contribution in [2.24, 2.45) is 14.1 Å². The smallest absolute Gasteiger partial charge is 0.276 e. The van der Waals surface area contributed by atoms with E-state index in [1.54, 1.807) is 22.1 Å². The minimum absolute atomic E-state index is 0.144. The molecule has 0 aliphatic carbocycles. The maximum absolute atomic E-state index is 15.2. The van der Waals surface area contributed by atoms with Gasteiger partial charge < -0.3 is 13.9 Å². The van der Waals surface area contributed by atoms with Crippen molar-refractivity contribution in [3.8, 4) is 22.6 Å². The third kappa shape index (κ3) is 5.30. The summed E-state index contributed by atoms with van der Waals surface area (Å²) in [6, 6.07) is 16.0. The number of ether oxygens (including phenoxy) is 1. The van der Waals surface area contributed by atoms with Crippen LogP contribution in [-0.2, 0) is 20.5 Å². The number of carbonyl (C=O) groups excluding carboxylic acids is 1.